The van der Waals surface area contributed by atoms with Gasteiger partial charge in [0.25, 0.3) is 5.91 Å². The van der Waals surface area contributed by atoms with Crippen LogP contribution in [0.4, 0.5) is 13.2 Å². The highest BCUT2D eigenvalue weighted by Crippen LogP contribution is 2.29. The molecular formula is C21H22F3NO3. The van der Waals surface area contributed by atoms with Crippen LogP contribution in [0.2, 0.25) is 0 Å². The second kappa shape index (κ2) is 9.92. The smallest absolute Gasteiger partial charge is 0.416 e. The van der Waals surface area contributed by atoms with Gasteiger partial charge in [-0.25, -0.2) is 0 Å². The topological polar surface area (TPSA) is 55.4 Å². The van der Waals surface area contributed by atoms with Crippen molar-refractivity contribution in [1.82, 2.24) is 5.32 Å². The Kier molecular flexibility index (Phi) is 7.61. The van der Waals surface area contributed by atoms with E-state index in [2.05, 4.69) is 5.32 Å². The molecule has 0 aromatic heterocycles. The van der Waals surface area contributed by atoms with E-state index in [-0.39, 0.29) is 12.5 Å². The number of rotatable bonds is 8. The number of hydrogen-bond acceptors (Lipinski definition) is 3. The lowest BCUT2D eigenvalue weighted by Crippen LogP contribution is -2.32. The molecular weight excluding hydrogens is 371 g/mol. The van der Waals surface area contributed by atoms with E-state index in [4.69, 9.17) is 4.74 Å². The van der Waals surface area contributed by atoms with Gasteiger partial charge in [0.15, 0.2) is 6.61 Å². The van der Waals surface area contributed by atoms with Gasteiger partial charge in [0.05, 0.1) is 18.0 Å². The van der Waals surface area contributed by atoms with Crippen molar-refractivity contribution in [3.05, 3.63) is 71.3 Å². The van der Waals surface area contributed by atoms with Crippen LogP contribution in [0.25, 0.3) is 0 Å². The van der Waals surface area contributed by atoms with Crippen LogP contribution < -0.4 is 5.32 Å². The van der Waals surface area contributed by atoms with E-state index in [1.165, 1.54) is 12.1 Å². The molecule has 2 aromatic carbocycles. The third-order valence-electron chi connectivity index (χ3n) is 4.11. The molecule has 0 bridgehead atoms. The molecule has 7 heteroatoms. The second-order valence-corrected chi connectivity index (χ2v) is 6.35. The average molecular weight is 393 g/mol. The fraction of sp³-hybridized carbons (Fsp3) is 0.333. The molecule has 0 saturated carbocycles. The molecule has 1 amide bonds. The summed E-state index contributed by atoms with van der Waals surface area (Å²) >= 11 is 0. The average Bonchev–Trinajstić information content (AvgIpc) is 2.66. The first-order chi connectivity index (χ1) is 13.3. The van der Waals surface area contributed by atoms with Crippen molar-refractivity contribution in [2.45, 2.75) is 38.4 Å². The highest BCUT2D eigenvalue weighted by molar-refractivity contribution is 5.81. The normalized spacial score (nSPS) is 12.3. The van der Waals surface area contributed by atoms with Gasteiger partial charge in [-0.1, -0.05) is 55.8 Å². The zero-order valence-electron chi connectivity index (χ0n) is 15.5. The fourth-order valence-corrected chi connectivity index (χ4v) is 2.71. The maximum Gasteiger partial charge on any atom is 0.416 e. The van der Waals surface area contributed by atoms with Gasteiger partial charge in [-0.15, -0.1) is 0 Å². The van der Waals surface area contributed by atoms with Crippen molar-refractivity contribution in [2.75, 3.05) is 6.61 Å². The largest absolute Gasteiger partial charge is 0.455 e. The van der Waals surface area contributed by atoms with Crippen molar-refractivity contribution >= 4 is 11.9 Å². The Bertz CT molecular complexity index is 774. The molecule has 0 aliphatic carbocycles. The summed E-state index contributed by atoms with van der Waals surface area (Å²) in [5.74, 6) is -1.11. The molecule has 0 saturated heterocycles. The summed E-state index contributed by atoms with van der Waals surface area (Å²) in [6.07, 6.45) is -3.02. The lowest BCUT2D eigenvalue weighted by molar-refractivity contribution is -0.148. The molecule has 0 aliphatic rings. The van der Waals surface area contributed by atoms with Crippen LogP contribution in [0.3, 0.4) is 0 Å². The van der Waals surface area contributed by atoms with Crippen LogP contribution >= 0.6 is 0 Å². The number of esters is 1. The molecule has 1 unspecified atom stereocenters. The van der Waals surface area contributed by atoms with Gasteiger partial charge in [-0.3, -0.25) is 9.59 Å². The van der Waals surface area contributed by atoms with Gasteiger partial charge in [-0.05, 0) is 29.7 Å². The summed E-state index contributed by atoms with van der Waals surface area (Å²) in [6.45, 7) is 1.57. The maximum absolute atomic E-state index is 12.5. The number of halogens is 3. The van der Waals surface area contributed by atoms with Crippen LogP contribution in [0, 0.1) is 0 Å². The summed E-state index contributed by atoms with van der Waals surface area (Å²) in [4.78, 5) is 24.0. The van der Waals surface area contributed by atoms with Crippen LogP contribution in [0.1, 0.15) is 42.5 Å². The molecule has 0 heterocycles. The summed E-state index contributed by atoms with van der Waals surface area (Å²) in [7, 11) is 0. The Morgan fingerprint density at radius 2 is 1.68 bits per heavy atom. The monoisotopic (exact) mass is 393 g/mol. The minimum atomic E-state index is -4.43. The zero-order chi connectivity index (χ0) is 20.6. The van der Waals surface area contributed by atoms with Crippen molar-refractivity contribution in [3.63, 3.8) is 0 Å². The lowest BCUT2D eigenvalue weighted by Gasteiger charge is -2.18. The molecule has 28 heavy (non-hydrogen) atoms. The van der Waals surface area contributed by atoms with Gasteiger partial charge >= 0.3 is 12.1 Å². The summed E-state index contributed by atoms with van der Waals surface area (Å²) in [5.41, 5.74) is 0.562. The van der Waals surface area contributed by atoms with Crippen LogP contribution in [-0.2, 0) is 26.9 Å². The zero-order valence-corrected chi connectivity index (χ0v) is 15.5. The first-order valence-electron chi connectivity index (χ1n) is 8.95. The number of amides is 1. The van der Waals surface area contributed by atoms with E-state index in [0.717, 1.165) is 30.5 Å². The lowest BCUT2D eigenvalue weighted by atomic mass is 10.0. The number of nitrogens with one attached hydrogen (secondary N) is 1. The standard InChI is InChI=1S/C21H22F3NO3/c1-2-6-18(16-7-4-3-5-8-16)25-19(26)14-28-20(27)13-15-9-11-17(12-10-15)21(22,23)24/h3-5,7-12,18H,2,6,13-14H2,1H3,(H,25,26). The molecule has 0 spiro atoms. The predicted octanol–water partition coefficient (Wildman–Crippen LogP) is 4.45. The van der Waals surface area contributed by atoms with E-state index < -0.39 is 30.2 Å². The van der Waals surface area contributed by atoms with Gasteiger partial charge in [0.2, 0.25) is 0 Å². The van der Waals surface area contributed by atoms with Crippen molar-refractivity contribution < 1.29 is 27.5 Å². The fourth-order valence-electron chi connectivity index (χ4n) is 2.71. The Balaban J connectivity index is 1.83. The van der Waals surface area contributed by atoms with Crippen molar-refractivity contribution in [2.24, 2.45) is 0 Å². The minimum absolute atomic E-state index is 0.174. The third kappa shape index (κ3) is 6.72. The van der Waals surface area contributed by atoms with Gasteiger partial charge < -0.3 is 10.1 Å². The molecule has 2 aromatic rings. The van der Waals surface area contributed by atoms with E-state index in [1.54, 1.807) is 0 Å². The van der Waals surface area contributed by atoms with Gasteiger partial charge in [-0.2, -0.15) is 13.2 Å². The number of hydrogen-bond donors (Lipinski definition) is 1. The quantitative estimate of drug-likeness (QED) is 0.675. The van der Waals surface area contributed by atoms with Gasteiger partial charge in [0.1, 0.15) is 0 Å². The molecule has 2 rings (SSSR count). The maximum atomic E-state index is 12.5. The van der Waals surface area contributed by atoms with Crippen LogP contribution in [-0.4, -0.2) is 18.5 Å². The number of benzene rings is 2. The highest BCUT2D eigenvalue weighted by atomic mass is 19.4. The van der Waals surface area contributed by atoms with Crippen molar-refractivity contribution in [1.29, 1.82) is 0 Å². The van der Waals surface area contributed by atoms with E-state index in [0.29, 0.717) is 5.56 Å². The Labute approximate surface area is 161 Å². The molecule has 0 radical (unpaired) electrons. The minimum Gasteiger partial charge on any atom is -0.455 e. The predicted molar refractivity (Wildman–Crippen MR) is 98.3 cm³/mol. The number of carbonyl (C=O) groups excluding carboxylic acids is 2. The molecule has 1 N–H and O–H groups in total. The highest BCUT2D eigenvalue weighted by Gasteiger charge is 2.30. The first kappa shape index (κ1) is 21.5. The molecule has 1 atom stereocenters. The van der Waals surface area contributed by atoms with E-state index in [9.17, 15) is 22.8 Å². The van der Waals surface area contributed by atoms with Crippen LogP contribution in [0.5, 0.6) is 0 Å². The number of carbonyl (C=O) groups is 2. The summed E-state index contributed by atoms with van der Waals surface area (Å²) < 4.78 is 42.6. The van der Waals surface area contributed by atoms with Gasteiger partial charge in [0, 0.05) is 0 Å². The third-order valence-corrected chi connectivity index (χ3v) is 4.11. The summed E-state index contributed by atoms with van der Waals surface area (Å²) in [6, 6.07) is 13.6. The van der Waals surface area contributed by atoms with Crippen LogP contribution in [0.15, 0.2) is 54.6 Å². The first-order valence-corrected chi connectivity index (χ1v) is 8.95. The van der Waals surface area contributed by atoms with E-state index in [1.807, 2.05) is 37.3 Å². The Morgan fingerprint density at radius 3 is 2.25 bits per heavy atom. The molecule has 150 valence electrons. The number of alkyl halides is 3. The SMILES string of the molecule is CCCC(NC(=O)COC(=O)Cc1ccc(C(F)(F)F)cc1)c1ccccc1. The second-order valence-electron chi connectivity index (χ2n) is 6.35. The molecule has 0 fully saturated rings. The summed E-state index contributed by atoms with van der Waals surface area (Å²) in [5, 5.41) is 2.84. The van der Waals surface area contributed by atoms with E-state index >= 15 is 0 Å². The Hall–Kier alpha value is -2.83. The molecule has 4 nitrogen and oxygen atoms in total. The number of ether oxygens (including phenoxy) is 1. The Morgan fingerprint density at radius 1 is 1.04 bits per heavy atom. The molecule has 0 aliphatic heterocycles. The van der Waals surface area contributed by atoms with Crippen molar-refractivity contribution in [3.8, 4) is 0 Å².